The highest BCUT2D eigenvalue weighted by Gasteiger charge is 2.17. The largest absolute Gasteiger partial charge is 0.269 e. The summed E-state index contributed by atoms with van der Waals surface area (Å²) in [4.78, 5) is 0. The Morgan fingerprint density at radius 3 is 2.47 bits per heavy atom. The molecule has 19 heavy (non-hydrogen) atoms. The molecule has 0 aliphatic heterocycles. The van der Waals surface area contributed by atoms with Gasteiger partial charge in [0, 0.05) is 17.8 Å². The molecule has 108 valence electrons. The summed E-state index contributed by atoms with van der Waals surface area (Å²) in [5.41, 5.74) is 3.86. The number of aryl methyl sites for hydroxylation is 2. The van der Waals surface area contributed by atoms with Crippen LogP contribution in [0.2, 0.25) is 0 Å². The third-order valence-electron chi connectivity index (χ3n) is 4.53. The predicted octanol–water partition coefficient (Wildman–Crippen LogP) is 4.72. The van der Waals surface area contributed by atoms with Crippen LogP contribution in [0, 0.1) is 5.92 Å². The van der Waals surface area contributed by atoms with E-state index in [2.05, 4.69) is 18.5 Å². The van der Waals surface area contributed by atoms with Gasteiger partial charge in [0.1, 0.15) is 0 Å². The van der Waals surface area contributed by atoms with Crippen molar-refractivity contribution in [1.29, 1.82) is 0 Å². The summed E-state index contributed by atoms with van der Waals surface area (Å²) in [6.45, 7) is 5.46. The van der Waals surface area contributed by atoms with E-state index in [9.17, 15) is 0 Å². The quantitative estimate of drug-likeness (QED) is 0.691. The lowest BCUT2D eigenvalue weighted by Crippen LogP contribution is -2.12. The van der Waals surface area contributed by atoms with Crippen molar-refractivity contribution in [3.63, 3.8) is 0 Å². The van der Waals surface area contributed by atoms with E-state index in [0.29, 0.717) is 5.88 Å². The van der Waals surface area contributed by atoms with Crippen LogP contribution in [-0.2, 0) is 25.3 Å². The Balaban J connectivity index is 2.04. The van der Waals surface area contributed by atoms with Crippen LogP contribution < -0.4 is 0 Å². The summed E-state index contributed by atoms with van der Waals surface area (Å²) in [5.74, 6) is 1.53. The molecule has 0 spiro atoms. The molecule has 1 aromatic heterocycles. The van der Waals surface area contributed by atoms with Crippen LogP contribution in [0.4, 0.5) is 0 Å². The second-order valence-electron chi connectivity index (χ2n) is 5.73. The second-order valence-corrected chi connectivity index (χ2v) is 6.00. The van der Waals surface area contributed by atoms with E-state index in [4.69, 9.17) is 16.7 Å². The lowest BCUT2D eigenvalue weighted by molar-refractivity contribution is 0.317. The number of hydrogen-bond acceptors (Lipinski definition) is 1. The fraction of sp³-hybridized carbons (Fsp3) is 0.812. The zero-order chi connectivity index (χ0) is 13.7. The van der Waals surface area contributed by atoms with Crippen LogP contribution in [0.25, 0.3) is 0 Å². The molecule has 2 nitrogen and oxygen atoms in total. The Hall–Kier alpha value is -0.500. The zero-order valence-corrected chi connectivity index (χ0v) is 13.2. The SMILES string of the molecule is CCc1nn(CCC2CCCCC2)c(CC)c1CCl. The van der Waals surface area contributed by atoms with Gasteiger partial charge in [0.2, 0.25) is 0 Å². The van der Waals surface area contributed by atoms with E-state index >= 15 is 0 Å². The first-order chi connectivity index (χ1) is 9.30. The summed E-state index contributed by atoms with van der Waals surface area (Å²) in [7, 11) is 0. The Bertz CT molecular complexity index is 392. The summed E-state index contributed by atoms with van der Waals surface area (Å²) in [5, 5.41) is 4.79. The Kier molecular flexibility index (Phi) is 5.75. The van der Waals surface area contributed by atoms with Crippen LogP contribution in [0.15, 0.2) is 0 Å². The van der Waals surface area contributed by atoms with Gasteiger partial charge in [0.25, 0.3) is 0 Å². The normalized spacial score (nSPS) is 17.0. The molecular formula is C16H27ClN2. The fourth-order valence-corrected chi connectivity index (χ4v) is 3.70. The van der Waals surface area contributed by atoms with Crippen LogP contribution in [0.1, 0.15) is 69.3 Å². The van der Waals surface area contributed by atoms with Crippen molar-refractivity contribution in [1.82, 2.24) is 9.78 Å². The third kappa shape index (κ3) is 3.53. The van der Waals surface area contributed by atoms with E-state index in [1.54, 1.807) is 0 Å². The zero-order valence-electron chi connectivity index (χ0n) is 12.4. The van der Waals surface area contributed by atoms with Gasteiger partial charge in [-0.25, -0.2) is 0 Å². The average molecular weight is 283 g/mol. The van der Waals surface area contributed by atoms with E-state index in [1.807, 2.05) is 0 Å². The minimum Gasteiger partial charge on any atom is -0.269 e. The Morgan fingerprint density at radius 2 is 1.89 bits per heavy atom. The predicted molar refractivity (Wildman–Crippen MR) is 81.7 cm³/mol. The highest BCUT2D eigenvalue weighted by Crippen LogP contribution is 2.27. The van der Waals surface area contributed by atoms with Crippen molar-refractivity contribution >= 4 is 11.6 Å². The van der Waals surface area contributed by atoms with Crippen molar-refractivity contribution in [2.75, 3.05) is 0 Å². The first-order valence-electron chi connectivity index (χ1n) is 7.93. The lowest BCUT2D eigenvalue weighted by atomic mass is 9.87. The molecule has 3 heteroatoms. The van der Waals surface area contributed by atoms with Crippen molar-refractivity contribution < 1.29 is 0 Å². The van der Waals surface area contributed by atoms with E-state index in [1.165, 1.54) is 55.5 Å². The summed E-state index contributed by atoms with van der Waals surface area (Å²) >= 11 is 6.10. The fourth-order valence-electron chi connectivity index (χ4n) is 3.39. The molecule has 1 aromatic rings. The average Bonchev–Trinajstić information content (AvgIpc) is 2.82. The molecule has 1 aliphatic rings. The van der Waals surface area contributed by atoms with Crippen LogP contribution in [0.5, 0.6) is 0 Å². The van der Waals surface area contributed by atoms with Crippen molar-refractivity contribution in [3.05, 3.63) is 17.0 Å². The molecule has 0 radical (unpaired) electrons. The number of alkyl halides is 1. The van der Waals surface area contributed by atoms with Crippen LogP contribution in [0.3, 0.4) is 0 Å². The van der Waals surface area contributed by atoms with E-state index in [-0.39, 0.29) is 0 Å². The first kappa shape index (κ1) is 14.9. The Labute approximate surface area is 122 Å². The van der Waals surface area contributed by atoms with E-state index < -0.39 is 0 Å². The van der Waals surface area contributed by atoms with Crippen molar-refractivity contribution in [2.45, 2.75) is 77.6 Å². The third-order valence-corrected chi connectivity index (χ3v) is 4.79. The Morgan fingerprint density at radius 1 is 1.16 bits per heavy atom. The molecule has 0 bridgehead atoms. The smallest absolute Gasteiger partial charge is 0.0668 e. The minimum atomic E-state index is 0.607. The number of nitrogens with zero attached hydrogens (tertiary/aromatic N) is 2. The minimum absolute atomic E-state index is 0.607. The molecule has 0 atom stereocenters. The highest BCUT2D eigenvalue weighted by molar-refractivity contribution is 6.17. The molecule has 0 saturated heterocycles. The molecule has 1 saturated carbocycles. The maximum absolute atomic E-state index is 6.10. The van der Waals surface area contributed by atoms with Gasteiger partial charge in [-0.1, -0.05) is 46.0 Å². The van der Waals surface area contributed by atoms with Gasteiger partial charge in [-0.2, -0.15) is 5.10 Å². The van der Waals surface area contributed by atoms with Gasteiger partial charge in [-0.3, -0.25) is 4.68 Å². The standard InChI is InChI=1S/C16H27ClN2/c1-3-15-14(12-17)16(4-2)19(18-15)11-10-13-8-6-5-7-9-13/h13H,3-12H2,1-2H3. The summed E-state index contributed by atoms with van der Waals surface area (Å²) in [6.07, 6.45) is 10.5. The monoisotopic (exact) mass is 282 g/mol. The van der Waals surface area contributed by atoms with Gasteiger partial charge in [0.15, 0.2) is 0 Å². The van der Waals surface area contributed by atoms with Gasteiger partial charge in [-0.05, 0) is 25.2 Å². The summed E-state index contributed by atoms with van der Waals surface area (Å²) in [6, 6.07) is 0. The van der Waals surface area contributed by atoms with Crippen molar-refractivity contribution in [2.24, 2.45) is 5.92 Å². The number of rotatable bonds is 6. The molecule has 1 fully saturated rings. The molecule has 0 amide bonds. The number of aromatic nitrogens is 2. The molecule has 1 heterocycles. The van der Waals surface area contributed by atoms with E-state index in [0.717, 1.165) is 25.3 Å². The molecule has 0 unspecified atom stereocenters. The highest BCUT2D eigenvalue weighted by atomic mass is 35.5. The first-order valence-corrected chi connectivity index (χ1v) is 8.46. The molecule has 2 rings (SSSR count). The molecule has 0 N–H and O–H groups in total. The van der Waals surface area contributed by atoms with Crippen LogP contribution >= 0.6 is 11.6 Å². The topological polar surface area (TPSA) is 17.8 Å². The van der Waals surface area contributed by atoms with Gasteiger partial charge in [-0.15, -0.1) is 11.6 Å². The van der Waals surface area contributed by atoms with Crippen molar-refractivity contribution in [3.8, 4) is 0 Å². The second kappa shape index (κ2) is 7.33. The molecule has 1 aliphatic carbocycles. The lowest BCUT2D eigenvalue weighted by Gasteiger charge is -2.21. The van der Waals surface area contributed by atoms with Gasteiger partial charge >= 0.3 is 0 Å². The van der Waals surface area contributed by atoms with Gasteiger partial charge in [0.05, 0.1) is 11.6 Å². The number of hydrogen-bond donors (Lipinski definition) is 0. The number of halogens is 1. The van der Waals surface area contributed by atoms with Crippen LogP contribution in [-0.4, -0.2) is 9.78 Å². The maximum Gasteiger partial charge on any atom is 0.0668 e. The summed E-state index contributed by atoms with van der Waals surface area (Å²) < 4.78 is 2.24. The van der Waals surface area contributed by atoms with Gasteiger partial charge < -0.3 is 0 Å². The molecule has 0 aromatic carbocycles. The molecular weight excluding hydrogens is 256 g/mol. The maximum atomic E-state index is 6.10.